The molecule has 1 fully saturated rings. The fraction of sp³-hybridized carbons (Fsp3) is 0.100. The second-order valence-corrected chi connectivity index (χ2v) is 8.49. The van der Waals surface area contributed by atoms with Crippen molar-refractivity contribution in [1.29, 1.82) is 0 Å². The third kappa shape index (κ3) is 4.79. The largest absolute Gasteiger partial charge is 0.497 e. The van der Waals surface area contributed by atoms with E-state index in [1.807, 2.05) is 42.5 Å². The summed E-state index contributed by atoms with van der Waals surface area (Å²) in [6, 6.07) is 24.8. The number of carbonyl (C=O) groups excluding carboxylic acids is 3. The van der Waals surface area contributed by atoms with E-state index in [-0.39, 0.29) is 5.57 Å². The maximum atomic E-state index is 13.2. The number of benzene rings is 4. The van der Waals surface area contributed by atoms with Crippen LogP contribution in [0.5, 0.6) is 17.2 Å². The number of rotatable bonds is 7. The molecular formula is C30H24N2O6. The first kappa shape index (κ1) is 24.6. The number of ether oxygens (including phenoxy) is 3. The van der Waals surface area contributed by atoms with E-state index in [2.05, 4.69) is 5.32 Å². The molecule has 1 heterocycles. The van der Waals surface area contributed by atoms with E-state index in [9.17, 15) is 14.4 Å². The van der Waals surface area contributed by atoms with E-state index in [0.717, 1.165) is 21.2 Å². The Labute approximate surface area is 219 Å². The number of hydrogen-bond acceptors (Lipinski definition) is 6. The fourth-order valence-electron chi connectivity index (χ4n) is 4.26. The maximum Gasteiger partial charge on any atom is 0.335 e. The highest BCUT2D eigenvalue weighted by molar-refractivity contribution is 6.39. The molecule has 8 nitrogen and oxygen atoms in total. The summed E-state index contributed by atoms with van der Waals surface area (Å²) in [5.41, 5.74) is 1.68. The molecule has 38 heavy (non-hydrogen) atoms. The zero-order valence-electron chi connectivity index (χ0n) is 20.8. The maximum absolute atomic E-state index is 13.2. The van der Waals surface area contributed by atoms with Crippen molar-refractivity contribution in [2.75, 3.05) is 19.1 Å². The van der Waals surface area contributed by atoms with Crippen LogP contribution in [0.1, 0.15) is 11.1 Å². The SMILES string of the molecule is COc1ccc(N2C(=O)NC(=O)C(=Cc3ccc(OCc4cccc5ccccc45)c(OC)c3)C2=O)cc1. The summed E-state index contributed by atoms with van der Waals surface area (Å²) >= 11 is 0. The minimum absolute atomic E-state index is 0.188. The van der Waals surface area contributed by atoms with E-state index in [4.69, 9.17) is 14.2 Å². The molecule has 1 aliphatic heterocycles. The lowest BCUT2D eigenvalue weighted by atomic mass is 10.1. The van der Waals surface area contributed by atoms with Gasteiger partial charge in [0, 0.05) is 0 Å². The van der Waals surface area contributed by atoms with Crippen LogP contribution in [0.2, 0.25) is 0 Å². The molecule has 190 valence electrons. The van der Waals surface area contributed by atoms with Crippen molar-refractivity contribution in [2.45, 2.75) is 6.61 Å². The van der Waals surface area contributed by atoms with Crippen LogP contribution >= 0.6 is 0 Å². The number of methoxy groups -OCH3 is 2. The number of nitrogens with one attached hydrogen (secondary N) is 1. The van der Waals surface area contributed by atoms with Crippen LogP contribution in [0.15, 0.2) is 90.5 Å². The van der Waals surface area contributed by atoms with Crippen LogP contribution in [-0.4, -0.2) is 32.1 Å². The number of barbiturate groups is 1. The molecule has 4 aromatic carbocycles. The van der Waals surface area contributed by atoms with Crippen molar-refractivity contribution in [3.8, 4) is 17.2 Å². The summed E-state index contributed by atoms with van der Waals surface area (Å²) in [6.07, 6.45) is 1.41. The molecule has 0 spiro atoms. The van der Waals surface area contributed by atoms with Gasteiger partial charge in [0.25, 0.3) is 11.8 Å². The van der Waals surface area contributed by atoms with Crippen molar-refractivity contribution >= 4 is 40.4 Å². The number of anilines is 1. The second-order valence-electron chi connectivity index (χ2n) is 8.49. The van der Waals surface area contributed by atoms with Gasteiger partial charge in [0.1, 0.15) is 17.9 Å². The topological polar surface area (TPSA) is 94.2 Å². The Hall–Kier alpha value is -5.11. The Morgan fingerprint density at radius 2 is 1.58 bits per heavy atom. The molecule has 1 N–H and O–H groups in total. The summed E-state index contributed by atoms with van der Waals surface area (Å²) in [5.74, 6) is 0.00266. The Kier molecular flexibility index (Phi) is 6.78. The molecule has 1 saturated heterocycles. The van der Waals surface area contributed by atoms with Gasteiger partial charge in [0.15, 0.2) is 11.5 Å². The Morgan fingerprint density at radius 3 is 2.34 bits per heavy atom. The predicted octanol–water partition coefficient (Wildman–Crippen LogP) is 5.10. The van der Waals surface area contributed by atoms with Crippen LogP contribution in [0.25, 0.3) is 16.8 Å². The van der Waals surface area contributed by atoms with E-state index in [1.54, 1.807) is 42.5 Å². The van der Waals surface area contributed by atoms with Gasteiger partial charge >= 0.3 is 6.03 Å². The van der Waals surface area contributed by atoms with Crippen LogP contribution in [0.3, 0.4) is 0 Å². The molecule has 0 saturated carbocycles. The fourth-order valence-corrected chi connectivity index (χ4v) is 4.26. The molecule has 0 aliphatic carbocycles. The van der Waals surface area contributed by atoms with Crippen molar-refractivity contribution in [2.24, 2.45) is 0 Å². The standard InChI is InChI=1S/C30H24N2O6/c1-36-23-13-11-22(12-14-23)32-29(34)25(28(33)31-30(32)35)16-19-10-15-26(27(17-19)37-2)38-18-21-8-5-7-20-6-3-4-9-24(20)21/h3-17H,18H2,1-2H3,(H,31,33,35). The van der Waals surface area contributed by atoms with E-state index >= 15 is 0 Å². The number of fused-ring (bicyclic) bond motifs is 1. The first-order valence-electron chi connectivity index (χ1n) is 11.8. The quantitative estimate of drug-likeness (QED) is 0.276. The molecule has 0 unspecified atom stereocenters. The lowest BCUT2D eigenvalue weighted by Crippen LogP contribution is -2.54. The van der Waals surface area contributed by atoms with E-state index in [1.165, 1.54) is 20.3 Å². The molecule has 0 bridgehead atoms. The van der Waals surface area contributed by atoms with Gasteiger partial charge < -0.3 is 14.2 Å². The highest BCUT2D eigenvalue weighted by atomic mass is 16.5. The number of hydrogen-bond donors (Lipinski definition) is 1. The first-order chi connectivity index (χ1) is 18.5. The van der Waals surface area contributed by atoms with Gasteiger partial charge in [-0.25, -0.2) is 9.69 Å². The molecule has 0 radical (unpaired) electrons. The van der Waals surface area contributed by atoms with Crippen LogP contribution < -0.4 is 24.4 Å². The van der Waals surface area contributed by atoms with Crippen molar-refractivity contribution < 1.29 is 28.6 Å². The lowest BCUT2D eigenvalue weighted by molar-refractivity contribution is -0.122. The zero-order chi connectivity index (χ0) is 26.6. The van der Waals surface area contributed by atoms with E-state index in [0.29, 0.717) is 35.1 Å². The average Bonchev–Trinajstić information content (AvgIpc) is 2.94. The van der Waals surface area contributed by atoms with Crippen molar-refractivity contribution in [3.05, 3.63) is 102 Å². The molecule has 5 rings (SSSR count). The van der Waals surface area contributed by atoms with Gasteiger partial charge in [-0.3, -0.25) is 14.9 Å². The second kappa shape index (κ2) is 10.5. The van der Waals surface area contributed by atoms with Gasteiger partial charge in [0.2, 0.25) is 0 Å². The van der Waals surface area contributed by atoms with Gasteiger partial charge in [0.05, 0.1) is 19.9 Å². The number of carbonyl (C=O) groups is 3. The molecule has 8 heteroatoms. The molecule has 4 amide bonds. The van der Waals surface area contributed by atoms with Crippen LogP contribution in [-0.2, 0) is 16.2 Å². The van der Waals surface area contributed by atoms with Gasteiger partial charge in [-0.2, -0.15) is 0 Å². The average molecular weight is 509 g/mol. The summed E-state index contributed by atoms with van der Waals surface area (Å²) < 4.78 is 16.7. The van der Waals surface area contributed by atoms with E-state index < -0.39 is 17.8 Å². The third-order valence-corrected chi connectivity index (χ3v) is 6.19. The lowest BCUT2D eigenvalue weighted by Gasteiger charge is -2.26. The van der Waals surface area contributed by atoms with Crippen molar-refractivity contribution in [3.63, 3.8) is 0 Å². The third-order valence-electron chi connectivity index (χ3n) is 6.19. The first-order valence-corrected chi connectivity index (χ1v) is 11.8. The number of amides is 4. The predicted molar refractivity (Wildman–Crippen MR) is 143 cm³/mol. The highest BCUT2D eigenvalue weighted by Crippen LogP contribution is 2.31. The smallest absolute Gasteiger partial charge is 0.335 e. The van der Waals surface area contributed by atoms with Crippen molar-refractivity contribution in [1.82, 2.24) is 5.32 Å². The summed E-state index contributed by atoms with van der Waals surface area (Å²) in [6.45, 7) is 0.331. The Bertz CT molecular complexity index is 1570. The van der Waals surface area contributed by atoms with Gasteiger partial charge in [-0.05, 0) is 64.4 Å². The van der Waals surface area contributed by atoms with Gasteiger partial charge in [-0.15, -0.1) is 0 Å². The number of imide groups is 2. The monoisotopic (exact) mass is 508 g/mol. The normalized spacial score (nSPS) is 14.5. The molecular weight excluding hydrogens is 484 g/mol. The Balaban J connectivity index is 1.39. The van der Waals surface area contributed by atoms with Crippen LogP contribution in [0.4, 0.5) is 10.5 Å². The molecule has 0 aromatic heterocycles. The number of nitrogens with zero attached hydrogens (tertiary/aromatic N) is 1. The summed E-state index contributed by atoms with van der Waals surface area (Å²) in [5, 5.41) is 4.45. The molecule has 4 aromatic rings. The minimum atomic E-state index is -0.822. The zero-order valence-corrected chi connectivity index (χ0v) is 20.8. The van der Waals surface area contributed by atoms with Crippen LogP contribution in [0, 0.1) is 0 Å². The minimum Gasteiger partial charge on any atom is -0.497 e. The Morgan fingerprint density at radius 1 is 0.816 bits per heavy atom. The number of urea groups is 1. The molecule has 1 aliphatic rings. The highest BCUT2D eigenvalue weighted by Gasteiger charge is 2.36. The summed E-state index contributed by atoms with van der Waals surface area (Å²) in [4.78, 5) is 39.1. The molecule has 0 atom stereocenters. The van der Waals surface area contributed by atoms with Gasteiger partial charge in [-0.1, -0.05) is 48.5 Å². The summed E-state index contributed by atoms with van der Waals surface area (Å²) in [7, 11) is 3.03.